The highest BCUT2D eigenvalue weighted by Crippen LogP contribution is 2.46. The number of benzene rings is 3. The molecule has 1 aromatic heterocycles. The van der Waals surface area contributed by atoms with Crippen LogP contribution in [0.5, 0.6) is 23.0 Å². The minimum atomic E-state index is -0.0138. The molecular formula is C27H28N2O4. The number of aromatic nitrogens is 1. The summed E-state index contributed by atoms with van der Waals surface area (Å²) in [6, 6.07) is 20.6. The Labute approximate surface area is 193 Å². The standard InChI is InChI=1S/C27H28N2O4/c1-30-21-13-12-16(14-23(21)32-3)25-26-24(18-8-5-6-10-20(18)29-26)19(15-28-25)17-9-7-11-22(31-2)27(17)33-4/h5-14,19,25,28-29H,15H2,1-4H3/t19-,25-/m0/s1. The second-order valence-corrected chi connectivity index (χ2v) is 8.09. The summed E-state index contributed by atoms with van der Waals surface area (Å²) in [5.74, 6) is 3.03. The number of hydrogen-bond acceptors (Lipinski definition) is 5. The molecule has 0 aliphatic carbocycles. The number of para-hydroxylation sites is 2. The molecule has 0 unspecified atom stereocenters. The van der Waals surface area contributed by atoms with Gasteiger partial charge in [0, 0.05) is 34.6 Å². The van der Waals surface area contributed by atoms with Crippen LogP contribution in [0.1, 0.15) is 34.3 Å². The van der Waals surface area contributed by atoms with Gasteiger partial charge in [0.2, 0.25) is 0 Å². The average Bonchev–Trinajstić information content (AvgIpc) is 3.27. The van der Waals surface area contributed by atoms with Gasteiger partial charge in [0.1, 0.15) is 0 Å². The molecule has 170 valence electrons. The molecule has 0 saturated carbocycles. The Morgan fingerprint density at radius 3 is 2.30 bits per heavy atom. The number of fused-ring (bicyclic) bond motifs is 3. The lowest BCUT2D eigenvalue weighted by atomic mass is 9.82. The van der Waals surface area contributed by atoms with Crippen molar-refractivity contribution in [3.05, 3.63) is 83.0 Å². The Balaban J connectivity index is 1.69. The van der Waals surface area contributed by atoms with Gasteiger partial charge in [-0.15, -0.1) is 0 Å². The highest BCUT2D eigenvalue weighted by Gasteiger charge is 2.34. The summed E-state index contributed by atoms with van der Waals surface area (Å²) in [7, 11) is 6.68. The van der Waals surface area contributed by atoms with Crippen molar-refractivity contribution in [2.24, 2.45) is 0 Å². The third-order valence-electron chi connectivity index (χ3n) is 6.49. The molecule has 2 heterocycles. The molecule has 2 atom stereocenters. The van der Waals surface area contributed by atoms with Gasteiger partial charge in [-0.2, -0.15) is 0 Å². The van der Waals surface area contributed by atoms with Gasteiger partial charge in [-0.3, -0.25) is 0 Å². The second kappa shape index (κ2) is 8.71. The van der Waals surface area contributed by atoms with Crippen LogP contribution in [0.3, 0.4) is 0 Å². The molecule has 33 heavy (non-hydrogen) atoms. The molecule has 0 fully saturated rings. The number of rotatable bonds is 6. The molecule has 0 amide bonds. The molecule has 0 saturated heterocycles. The van der Waals surface area contributed by atoms with Crippen molar-refractivity contribution < 1.29 is 18.9 Å². The van der Waals surface area contributed by atoms with Crippen molar-refractivity contribution in [2.45, 2.75) is 12.0 Å². The number of nitrogens with one attached hydrogen (secondary N) is 2. The third kappa shape index (κ3) is 3.47. The van der Waals surface area contributed by atoms with E-state index in [1.807, 2.05) is 24.3 Å². The van der Waals surface area contributed by atoms with Crippen LogP contribution in [0, 0.1) is 0 Å². The van der Waals surface area contributed by atoms with E-state index >= 15 is 0 Å². The van der Waals surface area contributed by atoms with Gasteiger partial charge in [-0.1, -0.05) is 36.4 Å². The summed E-state index contributed by atoms with van der Waals surface area (Å²) in [5.41, 5.74) is 5.74. The van der Waals surface area contributed by atoms with E-state index in [1.165, 1.54) is 10.9 Å². The molecule has 6 nitrogen and oxygen atoms in total. The molecule has 6 heteroatoms. The first-order valence-electron chi connectivity index (χ1n) is 11.0. The molecule has 3 aromatic carbocycles. The van der Waals surface area contributed by atoms with Gasteiger partial charge >= 0.3 is 0 Å². The van der Waals surface area contributed by atoms with Gasteiger partial charge in [-0.05, 0) is 35.4 Å². The molecule has 1 aliphatic heterocycles. The monoisotopic (exact) mass is 444 g/mol. The van der Waals surface area contributed by atoms with Crippen molar-refractivity contribution in [1.82, 2.24) is 10.3 Å². The SMILES string of the molecule is COc1ccc([C@@H]2NC[C@@H](c3cccc(OC)c3OC)c3c2[nH]c2ccccc32)cc1OC. The van der Waals surface area contributed by atoms with E-state index in [9.17, 15) is 0 Å². The molecule has 2 N–H and O–H groups in total. The predicted octanol–water partition coefficient (Wildman–Crippen LogP) is 5.03. The Bertz CT molecular complexity index is 1300. The fraction of sp³-hybridized carbons (Fsp3) is 0.259. The van der Waals surface area contributed by atoms with Crippen molar-refractivity contribution in [2.75, 3.05) is 35.0 Å². The predicted molar refractivity (Wildman–Crippen MR) is 129 cm³/mol. The lowest BCUT2D eigenvalue weighted by Crippen LogP contribution is -2.34. The zero-order valence-electron chi connectivity index (χ0n) is 19.3. The molecule has 0 spiro atoms. The molecule has 0 bridgehead atoms. The van der Waals surface area contributed by atoms with Crippen LogP contribution in [-0.2, 0) is 0 Å². The van der Waals surface area contributed by atoms with Crippen LogP contribution in [-0.4, -0.2) is 40.0 Å². The van der Waals surface area contributed by atoms with Crippen molar-refractivity contribution in [1.29, 1.82) is 0 Å². The van der Waals surface area contributed by atoms with Crippen LogP contribution >= 0.6 is 0 Å². The molecule has 4 aromatic rings. The average molecular weight is 445 g/mol. The molecular weight excluding hydrogens is 416 g/mol. The number of aromatic amines is 1. The largest absolute Gasteiger partial charge is 0.493 e. The first-order chi connectivity index (χ1) is 16.2. The topological polar surface area (TPSA) is 64.7 Å². The van der Waals surface area contributed by atoms with Crippen LogP contribution in [0.15, 0.2) is 60.7 Å². The van der Waals surface area contributed by atoms with Gasteiger partial charge in [0.25, 0.3) is 0 Å². The first-order valence-corrected chi connectivity index (χ1v) is 11.0. The number of hydrogen-bond donors (Lipinski definition) is 2. The van der Waals surface area contributed by atoms with Crippen molar-refractivity contribution in [3.8, 4) is 23.0 Å². The normalized spacial score (nSPS) is 17.5. The maximum Gasteiger partial charge on any atom is 0.164 e. The van der Waals surface area contributed by atoms with Crippen LogP contribution in [0.25, 0.3) is 10.9 Å². The van der Waals surface area contributed by atoms with Crippen LogP contribution < -0.4 is 24.3 Å². The first kappa shape index (κ1) is 21.2. The Hall–Kier alpha value is -3.64. The highest BCUT2D eigenvalue weighted by molar-refractivity contribution is 5.87. The number of ether oxygens (including phenoxy) is 4. The lowest BCUT2D eigenvalue weighted by Gasteiger charge is -2.32. The van der Waals surface area contributed by atoms with E-state index in [2.05, 4.69) is 46.7 Å². The minimum absolute atomic E-state index is 0.0138. The third-order valence-corrected chi connectivity index (χ3v) is 6.49. The lowest BCUT2D eigenvalue weighted by molar-refractivity contribution is 0.349. The smallest absolute Gasteiger partial charge is 0.164 e. The fourth-order valence-corrected chi connectivity index (χ4v) is 5.00. The minimum Gasteiger partial charge on any atom is -0.493 e. The summed E-state index contributed by atoms with van der Waals surface area (Å²) in [4.78, 5) is 3.69. The van der Waals surface area contributed by atoms with Crippen molar-refractivity contribution in [3.63, 3.8) is 0 Å². The zero-order valence-corrected chi connectivity index (χ0v) is 19.3. The molecule has 5 rings (SSSR count). The number of methoxy groups -OCH3 is 4. The summed E-state index contributed by atoms with van der Waals surface area (Å²) in [6.45, 7) is 0.747. The number of H-pyrrole nitrogens is 1. The van der Waals surface area contributed by atoms with Gasteiger partial charge in [-0.25, -0.2) is 0 Å². The molecule has 1 aliphatic rings. The van der Waals surface area contributed by atoms with Crippen molar-refractivity contribution >= 4 is 10.9 Å². The van der Waals surface area contributed by atoms with E-state index in [4.69, 9.17) is 18.9 Å². The second-order valence-electron chi connectivity index (χ2n) is 8.09. The van der Waals surface area contributed by atoms with Gasteiger partial charge < -0.3 is 29.2 Å². The summed E-state index contributed by atoms with van der Waals surface area (Å²) >= 11 is 0. The molecule has 0 radical (unpaired) electrons. The Morgan fingerprint density at radius 1 is 0.758 bits per heavy atom. The Morgan fingerprint density at radius 2 is 1.55 bits per heavy atom. The summed E-state index contributed by atoms with van der Waals surface area (Å²) in [6.07, 6.45) is 0. The van der Waals surface area contributed by atoms with E-state index in [0.29, 0.717) is 11.5 Å². The van der Waals surface area contributed by atoms with Gasteiger partial charge in [0.05, 0.1) is 34.5 Å². The van der Waals surface area contributed by atoms with Gasteiger partial charge in [0.15, 0.2) is 23.0 Å². The zero-order chi connectivity index (χ0) is 22.9. The fourth-order valence-electron chi connectivity index (χ4n) is 5.00. The van der Waals surface area contributed by atoms with Crippen LogP contribution in [0.4, 0.5) is 0 Å². The van der Waals surface area contributed by atoms with E-state index in [0.717, 1.165) is 40.4 Å². The maximum absolute atomic E-state index is 5.80. The summed E-state index contributed by atoms with van der Waals surface area (Å²) < 4.78 is 22.4. The van der Waals surface area contributed by atoms with Crippen LogP contribution in [0.2, 0.25) is 0 Å². The Kier molecular flexibility index (Phi) is 5.60. The maximum atomic E-state index is 5.80. The van der Waals surface area contributed by atoms with E-state index < -0.39 is 0 Å². The summed E-state index contributed by atoms with van der Waals surface area (Å²) in [5, 5.41) is 4.97. The van der Waals surface area contributed by atoms with E-state index in [-0.39, 0.29) is 12.0 Å². The van der Waals surface area contributed by atoms with E-state index in [1.54, 1.807) is 28.4 Å². The highest BCUT2D eigenvalue weighted by atomic mass is 16.5. The quantitative estimate of drug-likeness (QED) is 0.437.